The Balaban J connectivity index is 1.66. The smallest absolute Gasteiger partial charge is 0.132 e. The van der Waals surface area contributed by atoms with Gasteiger partial charge in [-0.1, -0.05) is 6.07 Å². The molecule has 1 fully saturated rings. The van der Waals surface area contributed by atoms with Crippen LogP contribution in [-0.4, -0.2) is 48.6 Å². The molecule has 0 bridgehead atoms. The number of hydrogen-bond donors (Lipinski definition) is 0. The molecule has 124 valence electrons. The number of rotatable bonds is 3. The Morgan fingerprint density at radius 3 is 3.00 bits per heavy atom. The Morgan fingerprint density at radius 1 is 1.25 bits per heavy atom. The van der Waals surface area contributed by atoms with Crippen molar-refractivity contribution in [1.29, 1.82) is 0 Å². The Hall–Kier alpha value is -2.47. The van der Waals surface area contributed by atoms with Gasteiger partial charge in [0.25, 0.3) is 0 Å². The molecule has 3 heterocycles. The minimum absolute atomic E-state index is 0.214. The van der Waals surface area contributed by atoms with Crippen LogP contribution < -0.4 is 9.64 Å². The van der Waals surface area contributed by atoms with E-state index in [0.717, 1.165) is 48.2 Å². The van der Waals surface area contributed by atoms with Gasteiger partial charge in [-0.3, -0.25) is 4.99 Å². The van der Waals surface area contributed by atoms with E-state index in [1.165, 1.54) is 5.56 Å². The zero-order valence-electron chi connectivity index (χ0n) is 13.9. The van der Waals surface area contributed by atoms with E-state index in [-0.39, 0.29) is 6.10 Å². The standard InChI is InChI=1S/C18H20N4O2/c1-12-10-22(5-6-24-12)17-8-16(20-11-21-17)18-15-7-14(23-2)4-3-13(15)9-19-18/h3-4,7-8,11-12H,5-6,9-10H2,1-2H3/t12-/m0/s1. The molecule has 6 nitrogen and oxygen atoms in total. The van der Waals surface area contributed by atoms with Gasteiger partial charge in [-0.25, -0.2) is 9.97 Å². The van der Waals surface area contributed by atoms with Crippen molar-refractivity contribution < 1.29 is 9.47 Å². The number of anilines is 1. The largest absolute Gasteiger partial charge is 0.497 e. The van der Waals surface area contributed by atoms with Crippen LogP contribution in [0.25, 0.3) is 0 Å². The molecule has 0 spiro atoms. The Bertz CT molecular complexity index is 790. The van der Waals surface area contributed by atoms with Crippen LogP contribution in [0.3, 0.4) is 0 Å². The number of hydrogen-bond acceptors (Lipinski definition) is 6. The highest BCUT2D eigenvalue weighted by Crippen LogP contribution is 2.27. The highest BCUT2D eigenvalue weighted by molar-refractivity contribution is 6.14. The molecule has 0 saturated carbocycles. The van der Waals surface area contributed by atoms with E-state index in [4.69, 9.17) is 9.47 Å². The van der Waals surface area contributed by atoms with Crippen LogP contribution in [-0.2, 0) is 11.3 Å². The monoisotopic (exact) mass is 324 g/mol. The minimum atomic E-state index is 0.214. The van der Waals surface area contributed by atoms with Crippen LogP contribution in [0.4, 0.5) is 5.82 Å². The molecule has 0 N–H and O–H groups in total. The normalized spacial score (nSPS) is 19.8. The van der Waals surface area contributed by atoms with Crippen molar-refractivity contribution in [2.24, 2.45) is 4.99 Å². The van der Waals surface area contributed by atoms with E-state index in [0.29, 0.717) is 6.54 Å². The molecule has 1 atom stereocenters. The van der Waals surface area contributed by atoms with Gasteiger partial charge in [-0.15, -0.1) is 0 Å². The molecule has 24 heavy (non-hydrogen) atoms. The van der Waals surface area contributed by atoms with Gasteiger partial charge >= 0.3 is 0 Å². The Kier molecular flexibility index (Phi) is 3.90. The van der Waals surface area contributed by atoms with Crippen LogP contribution in [0.2, 0.25) is 0 Å². The topological polar surface area (TPSA) is 59.8 Å². The highest BCUT2D eigenvalue weighted by atomic mass is 16.5. The summed E-state index contributed by atoms with van der Waals surface area (Å²) in [6.07, 6.45) is 1.83. The van der Waals surface area contributed by atoms with Gasteiger partial charge in [0, 0.05) is 24.7 Å². The molecule has 0 radical (unpaired) electrons. The molecular formula is C18H20N4O2. The number of nitrogens with zero attached hydrogens (tertiary/aromatic N) is 4. The summed E-state index contributed by atoms with van der Waals surface area (Å²) in [7, 11) is 1.68. The Morgan fingerprint density at radius 2 is 2.17 bits per heavy atom. The molecule has 2 aliphatic rings. The maximum absolute atomic E-state index is 5.61. The fourth-order valence-corrected chi connectivity index (χ4v) is 3.19. The van der Waals surface area contributed by atoms with Crippen LogP contribution in [0.1, 0.15) is 23.7 Å². The molecule has 6 heteroatoms. The summed E-state index contributed by atoms with van der Waals surface area (Å²) in [5.74, 6) is 1.76. The van der Waals surface area contributed by atoms with Crippen molar-refractivity contribution in [3.05, 3.63) is 47.4 Å². The van der Waals surface area contributed by atoms with Crippen LogP contribution in [0, 0.1) is 0 Å². The summed E-state index contributed by atoms with van der Waals surface area (Å²) in [6.45, 7) is 5.17. The highest BCUT2D eigenvalue weighted by Gasteiger charge is 2.22. The van der Waals surface area contributed by atoms with E-state index in [2.05, 4.69) is 32.9 Å². The molecule has 1 saturated heterocycles. The molecule has 0 aliphatic carbocycles. The summed E-state index contributed by atoms with van der Waals surface area (Å²) in [5, 5.41) is 0. The zero-order valence-corrected chi connectivity index (χ0v) is 13.9. The second kappa shape index (κ2) is 6.20. The first kappa shape index (κ1) is 15.1. The molecule has 1 aromatic heterocycles. The fraction of sp³-hybridized carbons (Fsp3) is 0.389. The van der Waals surface area contributed by atoms with Crippen molar-refractivity contribution in [3.63, 3.8) is 0 Å². The summed E-state index contributed by atoms with van der Waals surface area (Å²) >= 11 is 0. The van der Waals surface area contributed by atoms with Gasteiger partial charge in [0.2, 0.25) is 0 Å². The van der Waals surface area contributed by atoms with Gasteiger partial charge in [-0.05, 0) is 24.6 Å². The Labute approximate surface area is 141 Å². The average molecular weight is 324 g/mol. The number of aromatic nitrogens is 2. The average Bonchev–Trinajstić information content (AvgIpc) is 3.05. The van der Waals surface area contributed by atoms with Crippen LogP contribution in [0.5, 0.6) is 5.75 Å². The second-order valence-corrected chi connectivity index (χ2v) is 6.08. The number of fused-ring (bicyclic) bond motifs is 1. The lowest BCUT2D eigenvalue weighted by molar-refractivity contribution is 0.0529. The number of morpholine rings is 1. The van der Waals surface area contributed by atoms with E-state index in [1.54, 1.807) is 13.4 Å². The van der Waals surface area contributed by atoms with E-state index >= 15 is 0 Å². The lowest BCUT2D eigenvalue weighted by atomic mass is 10.0. The third kappa shape index (κ3) is 2.73. The van der Waals surface area contributed by atoms with E-state index in [1.807, 2.05) is 18.2 Å². The number of aliphatic imine (C=N–C) groups is 1. The van der Waals surface area contributed by atoms with Gasteiger partial charge < -0.3 is 14.4 Å². The van der Waals surface area contributed by atoms with Gasteiger partial charge in [0.1, 0.15) is 17.9 Å². The first-order chi connectivity index (χ1) is 11.7. The lowest BCUT2D eigenvalue weighted by Crippen LogP contribution is -2.41. The summed E-state index contributed by atoms with van der Waals surface area (Å²) in [4.78, 5) is 15.8. The molecule has 1 aromatic carbocycles. The first-order valence-electron chi connectivity index (χ1n) is 8.15. The number of ether oxygens (including phenoxy) is 2. The third-order valence-electron chi connectivity index (χ3n) is 4.44. The first-order valence-corrected chi connectivity index (χ1v) is 8.15. The maximum atomic E-state index is 5.61. The molecule has 2 aliphatic heterocycles. The van der Waals surface area contributed by atoms with Crippen molar-refractivity contribution in [3.8, 4) is 5.75 Å². The van der Waals surface area contributed by atoms with Gasteiger partial charge in [-0.2, -0.15) is 0 Å². The van der Waals surface area contributed by atoms with Crippen molar-refractivity contribution in [1.82, 2.24) is 9.97 Å². The van der Waals surface area contributed by atoms with Gasteiger partial charge in [0.05, 0.1) is 37.8 Å². The van der Waals surface area contributed by atoms with Crippen LogP contribution in [0.15, 0.2) is 35.6 Å². The second-order valence-electron chi connectivity index (χ2n) is 6.08. The quantitative estimate of drug-likeness (QED) is 0.865. The molecular weight excluding hydrogens is 304 g/mol. The van der Waals surface area contributed by atoms with Crippen molar-refractivity contribution in [2.75, 3.05) is 31.7 Å². The van der Waals surface area contributed by atoms with Crippen LogP contribution >= 0.6 is 0 Å². The van der Waals surface area contributed by atoms with Gasteiger partial charge in [0.15, 0.2) is 0 Å². The van der Waals surface area contributed by atoms with Crippen molar-refractivity contribution >= 4 is 11.5 Å². The zero-order chi connectivity index (χ0) is 16.5. The fourth-order valence-electron chi connectivity index (χ4n) is 3.19. The third-order valence-corrected chi connectivity index (χ3v) is 4.44. The van der Waals surface area contributed by atoms with E-state index in [9.17, 15) is 0 Å². The molecule has 2 aromatic rings. The number of methoxy groups -OCH3 is 1. The van der Waals surface area contributed by atoms with Crippen molar-refractivity contribution in [2.45, 2.75) is 19.6 Å². The lowest BCUT2D eigenvalue weighted by Gasteiger charge is -2.32. The summed E-state index contributed by atoms with van der Waals surface area (Å²) in [5.41, 5.74) is 4.06. The minimum Gasteiger partial charge on any atom is -0.497 e. The summed E-state index contributed by atoms with van der Waals surface area (Å²) < 4.78 is 11.0. The van der Waals surface area contributed by atoms with E-state index < -0.39 is 0 Å². The predicted octanol–water partition coefficient (Wildman–Crippen LogP) is 2.06. The SMILES string of the molecule is COc1ccc2c(c1)C(c1cc(N3CCO[C@@H](C)C3)ncn1)=NC2. The molecule has 4 rings (SSSR count). The predicted molar refractivity (Wildman–Crippen MR) is 92.0 cm³/mol. The maximum Gasteiger partial charge on any atom is 0.132 e. The molecule has 0 amide bonds. The molecule has 0 unspecified atom stereocenters. The summed E-state index contributed by atoms with van der Waals surface area (Å²) in [6, 6.07) is 8.08. The number of benzene rings is 1.